The molecule has 4 heteroatoms. The van der Waals surface area contributed by atoms with Crippen molar-refractivity contribution in [1.82, 2.24) is 5.32 Å². The minimum absolute atomic E-state index is 0.150. The second-order valence-corrected chi connectivity index (χ2v) is 6.65. The van der Waals surface area contributed by atoms with Gasteiger partial charge in [0, 0.05) is 16.6 Å². The molecule has 19 heavy (non-hydrogen) atoms. The smallest absolute Gasteiger partial charge is 0.251 e. The highest BCUT2D eigenvalue weighted by Crippen LogP contribution is 2.18. The molecule has 0 bridgehead atoms. The van der Waals surface area contributed by atoms with E-state index in [1.165, 1.54) is 0 Å². The molecule has 1 unspecified atom stereocenters. The third kappa shape index (κ3) is 5.33. The molecule has 1 aromatic carbocycles. The lowest BCUT2D eigenvalue weighted by atomic mass is 9.94. The number of rotatable bonds is 5. The van der Waals surface area contributed by atoms with E-state index in [1.54, 1.807) is 13.0 Å². The van der Waals surface area contributed by atoms with Crippen LogP contribution in [0.2, 0.25) is 0 Å². The Morgan fingerprint density at radius 1 is 1.47 bits per heavy atom. The maximum atomic E-state index is 12.1. The first-order valence-electron chi connectivity index (χ1n) is 6.48. The lowest BCUT2D eigenvalue weighted by molar-refractivity contribution is 0.0368. The van der Waals surface area contributed by atoms with Gasteiger partial charge in [-0.1, -0.05) is 35.8 Å². The fraction of sp³-hybridized carbons (Fsp3) is 0.533. The van der Waals surface area contributed by atoms with Crippen molar-refractivity contribution in [1.29, 1.82) is 0 Å². The van der Waals surface area contributed by atoms with E-state index >= 15 is 0 Å². The zero-order valence-corrected chi connectivity index (χ0v) is 13.5. The van der Waals surface area contributed by atoms with E-state index in [9.17, 15) is 9.90 Å². The summed E-state index contributed by atoms with van der Waals surface area (Å²) in [7, 11) is 0. The van der Waals surface area contributed by atoms with Crippen LogP contribution in [0, 0.1) is 12.8 Å². The molecule has 1 amide bonds. The predicted octanol–water partition coefficient (Wildman–Crippen LogP) is 3.28. The van der Waals surface area contributed by atoms with Crippen molar-refractivity contribution in [3.05, 3.63) is 33.8 Å². The normalized spacial score (nSPS) is 14.3. The lowest BCUT2D eigenvalue weighted by Crippen LogP contribution is -2.41. The average Bonchev–Trinajstić information content (AvgIpc) is 2.27. The zero-order chi connectivity index (χ0) is 14.6. The first-order chi connectivity index (χ1) is 8.71. The first-order valence-corrected chi connectivity index (χ1v) is 7.27. The van der Waals surface area contributed by atoms with Crippen LogP contribution in [0.4, 0.5) is 0 Å². The Balaban J connectivity index is 2.68. The van der Waals surface area contributed by atoms with Crippen LogP contribution in [-0.2, 0) is 0 Å². The van der Waals surface area contributed by atoms with Crippen molar-refractivity contribution in [2.24, 2.45) is 5.92 Å². The van der Waals surface area contributed by atoms with Gasteiger partial charge in [0.2, 0.25) is 0 Å². The number of amides is 1. The van der Waals surface area contributed by atoms with Gasteiger partial charge in [0.1, 0.15) is 0 Å². The number of aliphatic hydroxyl groups is 1. The van der Waals surface area contributed by atoms with Crippen LogP contribution in [0.5, 0.6) is 0 Å². The Labute approximate surface area is 123 Å². The van der Waals surface area contributed by atoms with Crippen LogP contribution in [0.3, 0.4) is 0 Å². The van der Waals surface area contributed by atoms with Gasteiger partial charge in [-0.2, -0.15) is 0 Å². The van der Waals surface area contributed by atoms with E-state index in [-0.39, 0.29) is 12.5 Å². The van der Waals surface area contributed by atoms with E-state index in [0.29, 0.717) is 17.9 Å². The monoisotopic (exact) mass is 327 g/mol. The summed E-state index contributed by atoms with van der Waals surface area (Å²) in [5, 5.41) is 13.0. The molecule has 0 fully saturated rings. The predicted molar refractivity (Wildman–Crippen MR) is 81.3 cm³/mol. The standard InChI is InChI=1S/C15H22BrNO2/c1-10(2)8-15(4,19)9-17-14(18)13-7-12(16)6-5-11(13)3/h5-7,10,19H,8-9H2,1-4H3,(H,17,18). The molecule has 0 spiro atoms. The summed E-state index contributed by atoms with van der Waals surface area (Å²) in [4.78, 5) is 12.1. The molecule has 0 radical (unpaired) electrons. The summed E-state index contributed by atoms with van der Waals surface area (Å²) in [6.45, 7) is 8.01. The Bertz CT molecular complexity index is 455. The van der Waals surface area contributed by atoms with Crippen LogP contribution in [0.15, 0.2) is 22.7 Å². The Kier molecular flexibility index (Phi) is 5.56. The van der Waals surface area contributed by atoms with Gasteiger partial charge in [-0.25, -0.2) is 0 Å². The minimum Gasteiger partial charge on any atom is -0.388 e. The number of nitrogens with one attached hydrogen (secondary N) is 1. The molecule has 1 rings (SSSR count). The number of hydrogen-bond acceptors (Lipinski definition) is 2. The van der Waals surface area contributed by atoms with E-state index in [2.05, 4.69) is 35.1 Å². The van der Waals surface area contributed by atoms with Crippen LogP contribution >= 0.6 is 15.9 Å². The van der Waals surface area contributed by atoms with Gasteiger partial charge in [0.25, 0.3) is 5.91 Å². The molecule has 0 saturated carbocycles. The van der Waals surface area contributed by atoms with Gasteiger partial charge in [-0.15, -0.1) is 0 Å². The van der Waals surface area contributed by atoms with Crippen molar-refractivity contribution in [3.63, 3.8) is 0 Å². The highest BCUT2D eigenvalue weighted by Gasteiger charge is 2.23. The van der Waals surface area contributed by atoms with E-state index in [1.807, 2.05) is 19.1 Å². The highest BCUT2D eigenvalue weighted by molar-refractivity contribution is 9.10. The summed E-state index contributed by atoms with van der Waals surface area (Å²) >= 11 is 3.36. The maximum Gasteiger partial charge on any atom is 0.251 e. The molecule has 2 N–H and O–H groups in total. The van der Waals surface area contributed by atoms with Crippen LogP contribution < -0.4 is 5.32 Å². The molecular weight excluding hydrogens is 306 g/mol. The molecular formula is C15H22BrNO2. The fourth-order valence-electron chi connectivity index (χ4n) is 2.16. The van der Waals surface area contributed by atoms with Crippen LogP contribution in [0.25, 0.3) is 0 Å². The second kappa shape index (κ2) is 6.53. The van der Waals surface area contributed by atoms with Crippen LogP contribution in [-0.4, -0.2) is 23.2 Å². The van der Waals surface area contributed by atoms with Gasteiger partial charge < -0.3 is 10.4 Å². The van der Waals surface area contributed by atoms with Crippen molar-refractivity contribution in [2.45, 2.75) is 39.7 Å². The summed E-state index contributed by atoms with van der Waals surface area (Å²) < 4.78 is 0.872. The molecule has 0 saturated heterocycles. The van der Waals surface area contributed by atoms with Gasteiger partial charge in [-0.05, 0) is 43.9 Å². The summed E-state index contributed by atoms with van der Waals surface area (Å²) in [5.41, 5.74) is 0.683. The van der Waals surface area contributed by atoms with E-state index in [0.717, 1.165) is 10.0 Å². The number of halogens is 1. The molecule has 0 aromatic heterocycles. The molecule has 0 aliphatic heterocycles. The highest BCUT2D eigenvalue weighted by atomic mass is 79.9. The molecule has 0 heterocycles. The quantitative estimate of drug-likeness (QED) is 0.871. The number of benzene rings is 1. The minimum atomic E-state index is -0.871. The Morgan fingerprint density at radius 2 is 2.11 bits per heavy atom. The molecule has 0 aliphatic rings. The number of aryl methyl sites for hydroxylation is 1. The molecule has 0 aliphatic carbocycles. The lowest BCUT2D eigenvalue weighted by Gasteiger charge is -2.25. The third-order valence-corrected chi connectivity index (χ3v) is 3.42. The van der Waals surface area contributed by atoms with E-state index in [4.69, 9.17) is 0 Å². The van der Waals surface area contributed by atoms with Crippen molar-refractivity contribution < 1.29 is 9.90 Å². The number of carbonyl (C=O) groups is 1. The molecule has 1 atom stereocenters. The second-order valence-electron chi connectivity index (χ2n) is 5.74. The van der Waals surface area contributed by atoms with Gasteiger partial charge in [0.15, 0.2) is 0 Å². The summed E-state index contributed by atoms with van der Waals surface area (Å²) in [6, 6.07) is 5.59. The first kappa shape index (κ1) is 16.2. The average molecular weight is 328 g/mol. The maximum absolute atomic E-state index is 12.1. The Hall–Kier alpha value is -0.870. The van der Waals surface area contributed by atoms with Crippen molar-refractivity contribution in [2.75, 3.05) is 6.54 Å². The van der Waals surface area contributed by atoms with Crippen molar-refractivity contribution in [3.8, 4) is 0 Å². The summed E-state index contributed by atoms with van der Waals surface area (Å²) in [6.07, 6.45) is 0.657. The van der Waals surface area contributed by atoms with Gasteiger partial charge in [0.05, 0.1) is 5.60 Å². The van der Waals surface area contributed by atoms with Gasteiger partial charge >= 0.3 is 0 Å². The topological polar surface area (TPSA) is 49.3 Å². The van der Waals surface area contributed by atoms with Gasteiger partial charge in [-0.3, -0.25) is 4.79 Å². The fourth-order valence-corrected chi connectivity index (χ4v) is 2.52. The molecule has 1 aromatic rings. The number of hydrogen-bond donors (Lipinski definition) is 2. The summed E-state index contributed by atoms with van der Waals surface area (Å²) in [5.74, 6) is 0.238. The Morgan fingerprint density at radius 3 is 2.68 bits per heavy atom. The SMILES string of the molecule is Cc1ccc(Br)cc1C(=O)NCC(C)(O)CC(C)C. The van der Waals surface area contributed by atoms with E-state index < -0.39 is 5.60 Å². The molecule has 106 valence electrons. The van der Waals surface area contributed by atoms with Crippen LogP contribution in [0.1, 0.15) is 43.1 Å². The van der Waals surface area contributed by atoms with Crippen molar-refractivity contribution >= 4 is 21.8 Å². The molecule has 3 nitrogen and oxygen atoms in total. The zero-order valence-electron chi connectivity index (χ0n) is 12.0. The number of carbonyl (C=O) groups excluding carboxylic acids is 1. The largest absolute Gasteiger partial charge is 0.388 e. The third-order valence-electron chi connectivity index (χ3n) is 2.92.